The van der Waals surface area contributed by atoms with Gasteiger partial charge >= 0.3 is 0 Å². The molecule has 0 spiro atoms. The van der Waals surface area contributed by atoms with Gasteiger partial charge in [-0.1, -0.05) is 23.2 Å². The van der Waals surface area contributed by atoms with E-state index in [0.29, 0.717) is 28.6 Å². The molecule has 0 atom stereocenters. The molecule has 0 aliphatic heterocycles. The van der Waals surface area contributed by atoms with Gasteiger partial charge in [0.1, 0.15) is 0 Å². The summed E-state index contributed by atoms with van der Waals surface area (Å²) in [4.78, 5) is 17.4. The van der Waals surface area contributed by atoms with Crippen LogP contribution in [0.4, 0.5) is 5.69 Å². The van der Waals surface area contributed by atoms with Gasteiger partial charge in [0.25, 0.3) is 0 Å². The number of aromatic nitrogens is 1. The van der Waals surface area contributed by atoms with Crippen molar-refractivity contribution in [3.8, 4) is 0 Å². The van der Waals surface area contributed by atoms with Gasteiger partial charge in [-0.2, -0.15) is 0 Å². The molecular weight excluding hydrogens is 315 g/mol. The van der Waals surface area contributed by atoms with E-state index in [1.54, 1.807) is 29.5 Å². The van der Waals surface area contributed by atoms with Gasteiger partial charge in [0.05, 0.1) is 20.7 Å². The van der Waals surface area contributed by atoms with Crippen LogP contribution in [0, 0.1) is 13.8 Å². The molecule has 2 rings (SSSR count). The topological polar surface area (TPSA) is 42.0 Å². The maximum absolute atomic E-state index is 11.9. The lowest BCUT2D eigenvalue weighted by molar-refractivity contribution is -0.116. The van der Waals surface area contributed by atoms with Crippen LogP contribution in [0.1, 0.15) is 22.0 Å². The molecule has 2 aromatic rings. The number of thiazole rings is 1. The Kier molecular flexibility index (Phi) is 5.02. The predicted molar refractivity (Wildman–Crippen MR) is 85.0 cm³/mol. The van der Waals surface area contributed by atoms with Gasteiger partial charge < -0.3 is 5.32 Å². The van der Waals surface area contributed by atoms with Gasteiger partial charge in [0, 0.05) is 17.0 Å². The van der Waals surface area contributed by atoms with Gasteiger partial charge in [-0.3, -0.25) is 4.79 Å². The molecule has 106 valence electrons. The highest BCUT2D eigenvalue weighted by molar-refractivity contribution is 7.11. The molecule has 1 heterocycles. The number of carbonyl (C=O) groups is 1. The number of aryl methyl sites for hydroxylation is 3. The summed E-state index contributed by atoms with van der Waals surface area (Å²) >= 11 is 13.4. The average Bonchev–Trinajstić information content (AvgIpc) is 2.70. The van der Waals surface area contributed by atoms with E-state index in [9.17, 15) is 4.79 Å². The number of benzene rings is 1. The molecule has 1 N–H and O–H groups in total. The smallest absolute Gasteiger partial charge is 0.224 e. The SMILES string of the molecule is Cc1nc(C)c(CCC(=O)Nc2ccc(Cl)c(Cl)c2)s1. The molecule has 20 heavy (non-hydrogen) atoms. The van der Waals surface area contributed by atoms with Gasteiger partial charge in [-0.05, 0) is 38.5 Å². The number of nitrogens with zero attached hydrogens (tertiary/aromatic N) is 1. The summed E-state index contributed by atoms with van der Waals surface area (Å²) in [5, 5.41) is 4.74. The summed E-state index contributed by atoms with van der Waals surface area (Å²) in [6, 6.07) is 5.04. The number of nitrogens with one attached hydrogen (secondary N) is 1. The van der Waals surface area contributed by atoms with Crippen molar-refractivity contribution in [2.24, 2.45) is 0 Å². The third-order valence-electron chi connectivity index (χ3n) is 2.78. The third kappa shape index (κ3) is 3.95. The fourth-order valence-corrected chi connectivity index (χ4v) is 3.06. The Morgan fingerprint density at radius 2 is 2.05 bits per heavy atom. The maximum atomic E-state index is 11.9. The van der Waals surface area contributed by atoms with Gasteiger partial charge in [-0.25, -0.2) is 4.98 Å². The summed E-state index contributed by atoms with van der Waals surface area (Å²) in [7, 11) is 0. The van der Waals surface area contributed by atoms with Crippen molar-refractivity contribution < 1.29 is 4.79 Å². The van der Waals surface area contributed by atoms with Crippen LogP contribution < -0.4 is 5.32 Å². The Bertz CT molecular complexity index is 640. The number of hydrogen-bond acceptors (Lipinski definition) is 3. The number of anilines is 1. The fraction of sp³-hybridized carbons (Fsp3) is 0.286. The van der Waals surface area contributed by atoms with Crippen LogP contribution in [-0.4, -0.2) is 10.9 Å². The predicted octanol–water partition coefficient (Wildman–Crippen LogP) is 4.64. The molecule has 0 bridgehead atoms. The van der Waals surface area contributed by atoms with E-state index in [0.717, 1.165) is 15.6 Å². The van der Waals surface area contributed by atoms with Gasteiger partial charge in [0.2, 0.25) is 5.91 Å². The molecule has 1 amide bonds. The first-order chi connectivity index (χ1) is 9.45. The molecular formula is C14H14Cl2N2OS. The molecule has 0 aliphatic carbocycles. The summed E-state index contributed by atoms with van der Waals surface area (Å²) in [5.41, 5.74) is 1.66. The van der Waals surface area contributed by atoms with Crippen LogP contribution in [0.5, 0.6) is 0 Å². The highest BCUT2D eigenvalue weighted by atomic mass is 35.5. The first-order valence-corrected chi connectivity index (χ1v) is 7.71. The monoisotopic (exact) mass is 328 g/mol. The zero-order valence-electron chi connectivity index (χ0n) is 11.2. The van der Waals surface area contributed by atoms with E-state index in [4.69, 9.17) is 23.2 Å². The minimum atomic E-state index is -0.0474. The summed E-state index contributed by atoms with van der Waals surface area (Å²) in [6.07, 6.45) is 1.12. The quantitative estimate of drug-likeness (QED) is 0.888. The molecule has 0 radical (unpaired) electrons. The lowest BCUT2D eigenvalue weighted by Gasteiger charge is -2.06. The minimum absolute atomic E-state index is 0.0474. The Labute approximate surface area is 131 Å². The molecule has 0 fully saturated rings. The van der Waals surface area contributed by atoms with Crippen LogP contribution in [0.2, 0.25) is 10.0 Å². The first kappa shape index (κ1) is 15.3. The standard InChI is InChI=1S/C14H14Cl2N2OS/c1-8-13(20-9(2)17-8)5-6-14(19)18-10-3-4-11(15)12(16)7-10/h3-4,7H,5-6H2,1-2H3,(H,18,19). The molecule has 6 heteroatoms. The number of amides is 1. The zero-order valence-corrected chi connectivity index (χ0v) is 13.5. The summed E-state index contributed by atoms with van der Waals surface area (Å²) < 4.78 is 0. The second-order valence-electron chi connectivity index (χ2n) is 4.42. The highest BCUT2D eigenvalue weighted by Crippen LogP contribution is 2.25. The molecule has 1 aromatic heterocycles. The van der Waals surface area contributed by atoms with E-state index < -0.39 is 0 Å². The molecule has 1 aromatic carbocycles. The van der Waals surface area contributed by atoms with E-state index in [-0.39, 0.29) is 5.91 Å². The van der Waals surface area contributed by atoms with E-state index in [1.807, 2.05) is 13.8 Å². The molecule has 0 saturated carbocycles. The van der Waals surface area contributed by atoms with E-state index in [2.05, 4.69) is 10.3 Å². The Balaban J connectivity index is 1.92. The van der Waals surface area contributed by atoms with Crippen molar-refractivity contribution in [1.82, 2.24) is 4.98 Å². The normalized spacial score (nSPS) is 10.6. The second kappa shape index (κ2) is 6.57. The van der Waals surface area contributed by atoms with Crippen LogP contribution >= 0.6 is 34.5 Å². The van der Waals surface area contributed by atoms with Crippen molar-refractivity contribution in [2.75, 3.05) is 5.32 Å². The van der Waals surface area contributed by atoms with Crippen molar-refractivity contribution in [2.45, 2.75) is 26.7 Å². The zero-order chi connectivity index (χ0) is 14.7. The van der Waals surface area contributed by atoms with Crippen LogP contribution in [0.15, 0.2) is 18.2 Å². The lowest BCUT2D eigenvalue weighted by Crippen LogP contribution is -2.12. The van der Waals surface area contributed by atoms with E-state index in [1.165, 1.54) is 0 Å². The minimum Gasteiger partial charge on any atom is -0.326 e. The molecule has 0 saturated heterocycles. The van der Waals surface area contributed by atoms with Crippen LogP contribution in [-0.2, 0) is 11.2 Å². The largest absolute Gasteiger partial charge is 0.326 e. The van der Waals surface area contributed by atoms with Crippen LogP contribution in [0.25, 0.3) is 0 Å². The number of rotatable bonds is 4. The first-order valence-electron chi connectivity index (χ1n) is 6.13. The Morgan fingerprint density at radius 1 is 1.30 bits per heavy atom. The van der Waals surface area contributed by atoms with Crippen LogP contribution in [0.3, 0.4) is 0 Å². The van der Waals surface area contributed by atoms with Crippen molar-refractivity contribution in [3.05, 3.63) is 43.8 Å². The fourth-order valence-electron chi connectivity index (χ4n) is 1.83. The molecule has 0 aliphatic rings. The number of hydrogen-bond donors (Lipinski definition) is 1. The van der Waals surface area contributed by atoms with Crippen molar-refractivity contribution in [1.29, 1.82) is 0 Å². The average molecular weight is 329 g/mol. The van der Waals surface area contributed by atoms with Gasteiger partial charge in [-0.15, -0.1) is 11.3 Å². The summed E-state index contributed by atoms with van der Waals surface area (Å²) in [6.45, 7) is 3.94. The molecule has 3 nitrogen and oxygen atoms in total. The number of halogens is 2. The Hall–Kier alpha value is -1.10. The van der Waals surface area contributed by atoms with Gasteiger partial charge in [0.15, 0.2) is 0 Å². The molecule has 0 unspecified atom stereocenters. The lowest BCUT2D eigenvalue weighted by atomic mass is 10.2. The van der Waals surface area contributed by atoms with Crippen molar-refractivity contribution >= 4 is 46.1 Å². The Morgan fingerprint density at radius 3 is 2.65 bits per heavy atom. The highest BCUT2D eigenvalue weighted by Gasteiger charge is 2.09. The third-order valence-corrected chi connectivity index (χ3v) is 4.65. The summed E-state index contributed by atoms with van der Waals surface area (Å²) in [5.74, 6) is -0.0474. The second-order valence-corrected chi connectivity index (χ2v) is 6.52. The van der Waals surface area contributed by atoms with Crippen molar-refractivity contribution in [3.63, 3.8) is 0 Å². The maximum Gasteiger partial charge on any atom is 0.224 e. The van der Waals surface area contributed by atoms with E-state index >= 15 is 0 Å². The number of carbonyl (C=O) groups excluding carboxylic acids is 1.